The summed E-state index contributed by atoms with van der Waals surface area (Å²) >= 11 is 0. The fraction of sp³-hybridized carbons (Fsp3) is 0.273. The van der Waals surface area contributed by atoms with E-state index in [1.807, 2.05) is 0 Å². The molecule has 0 amide bonds. The second kappa shape index (κ2) is 5.46. The van der Waals surface area contributed by atoms with Crippen molar-refractivity contribution in [3.8, 4) is 5.75 Å². The molecule has 1 aromatic rings. The van der Waals surface area contributed by atoms with E-state index in [-0.39, 0.29) is 12.0 Å². The molecule has 82 valence electrons. The van der Waals surface area contributed by atoms with Crippen molar-refractivity contribution < 1.29 is 18.6 Å². The van der Waals surface area contributed by atoms with Crippen LogP contribution in [0.25, 0.3) is 0 Å². The van der Waals surface area contributed by atoms with E-state index < -0.39 is 12.7 Å². The minimum Gasteiger partial charge on any atom is -0.496 e. The summed E-state index contributed by atoms with van der Waals surface area (Å²) in [6.45, 7) is -0.639. The third kappa shape index (κ3) is 3.02. The predicted molar refractivity (Wildman–Crippen MR) is 53.0 cm³/mol. The van der Waals surface area contributed by atoms with Crippen LogP contribution in [-0.4, -0.2) is 18.8 Å². The van der Waals surface area contributed by atoms with Gasteiger partial charge in [-0.3, -0.25) is 0 Å². The lowest BCUT2D eigenvalue weighted by Gasteiger charge is -2.08. The molecule has 2 nitrogen and oxygen atoms in total. The van der Waals surface area contributed by atoms with Crippen molar-refractivity contribution in [2.24, 2.45) is 0 Å². The number of hydrogen-bond acceptors (Lipinski definition) is 2. The van der Waals surface area contributed by atoms with Crippen molar-refractivity contribution in [2.75, 3.05) is 13.7 Å². The van der Waals surface area contributed by atoms with Gasteiger partial charge in [-0.15, -0.1) is 0 Å². The minimum atomic E-state index is -1.83. The highest BCUT2D eigenvalue weighted by Crippen LogP contribution is 2.22. The second-order valence-corrected chi connectivity index (χ2v) is 3.01. The molecule has 0 aliphatic rings. The van der Waals surface area contributed by atoms with Gasteiger partial charge >= 0.3 is 0 Å². The molecule has 0 spiro atoms. The van der Waals surface area contributed by atoms with Gasteiger partial charge in [0.1, 0.15) is 5.75 Å². The van der Waals surface area contributed by atoms with E-state index in [1.165, 1.54) is 7.11 Å². The van der Waals surface area contributed by atoms with E-state index in [0.717, 1.165) is 0 Å². The van der Waals surface area contributed by atoms with Gasteiger partial charge < -0.3 is 9.84 Å². The van der Waals surface area contributed by atoms with Gasteiger partial charge in [-0.2, -0.15) is 8.78 Å². The lowest BCUT2D eigenvalue weighted by molar-refractivity contribution is 0.307. The van der Waals surface area contributed by atoms with Crippen LogP contribution in [-0.2, 0) is 6.42 Å². The average Bonchev–Trinajstić information content (AvgIpc) is 2.25. The van der Waals surface area contributed by atoms with Crippen molar-refractivity contribution in [2.45, 2.75) is 6.42 Å². The summed E-state index contributed by atoms with van der Waals surface area (Å²) in [7, 11) is 1.48. The number of hydrogen-bond donors (Lipinski definition) is 1. The SMILES string of the molecule is COc1ccccc1CC(CO)=C(F)F. The monoisotopic (exact) mass is 214 g/mol. The van der Waals surface area contributed by atoms with Crippen LogP contribution in [0.3, 0.4) is 0 Å². The quantitative estimate of drug-likeness (QED) is 0.833. The first-order valence-electron chi connectivity index (χ1n) is 4.44. The molecule has 0 heterocycles. The molecule has 0 aliphatic carbocycles. The first-order chi connectivity index (χ1) is 7.19. The zero-order chi connectivity index (χ0) is 11.3. The highest BCUT2D eigenvalue weighted by Gasteiger charge is 2.09. The fourth-order valence-corrected chi connectivity index (χ4v) is 1.26. The molecule has 0 fully saturated rings. The molecular formula is C11H12F2O2. The molecule has 0 aliphatic heterocycles. The van der Waals surface area contributed by atoms with Gasteiger partial charge in [0.05, 0.1) is 13.7 Å². The number of ether oxygens (including phenoxy) is 1. The number of benzene rings is 1. The van der Waals surface area contributed by atoms with Crippen LogP contribution in [0.15, 0.2) is 35.9 Å². The Morgan fingerprint density at radius 3 is 2.53 bits per heavy atom. The molecule has 0 unspecified atom stereocenters. The van der Waals surface area contributed by atoms with Gasteiger partial charge in [0.15, 0.2) is 0 Å². The zero-order valence-corrected chi connectivity index (χ0v) is 8.34. The Kier molecular flexibility index (Phi) is 4.24. The second-order valence-electron chi connectivity index (χ2n) is 3.01. The smallest absolute Gasteiger partial charge is 0.272 e. The molecule has 0 radical (unpaired) electrons. The Labute approximate surface area is 86.8 Å². The maximum absolute atomic E-state index is 12.3. The molecule has 0 bridgehead atoms. The van der Waals surface area contributed by atoms with Crippen molar-refractivity contribution >= 4 is 0 Å². The Hall–Kier alpha value is -1.42. The van der Waals surface area contributed by atoms with Crippen molar-refractivity contribution in [3.63, 3.8) is 0 Å². The summed E-state index contributed by atoms with van der Waals surface area (Å²) in [6.07, 6.45) is -1.83. The number of para-hydroxylation sites is 1. The normalized spacial score (nSPS) is 9.87. The van der Waals surface area contributed by atoms with E-state index in [0.29, 0.717) is 11.3 Å². The van der Waals surface area contributed by atoms with E-state index in [2.05, 4.69) is 0 Å². The molecule has 1 aromatic carbocycles. The molecule has 0 atom stereocenters. The highest BCUT2D eigenvalue weighted by atomic mass is 19.3. The number of aliphatic hydroxyl groups is 1. The lowest BCUT2D eigenvalue weighted by atomic mass is 10.1. The van der Waals surface area contributed by atoms with Crippen LogP contribution in [0, 0.1) is 0 Å². The van der Waals surface area contributed by atoms with Gasteiger partial charge in [0, 0.05) is 12.0 Å². The Morgan fingerprint density at radius 1 is 1.33 bits per heavy atom. The molecule has 1 rings (SSSR count). The van der Waals surface area contributed by atoms with Crippen LogP contribution in [0.2, 0.25) is 0 Å². The van der Waals surface area contributed by atoms with Crippen LogP contribution < -0.4 is 4.74 Å². The van der Waals surface area contributed by atoms with E-state index in [1.54, 1.807) is 24.3 Å². The number of aliphatic hydroxyl groups excluding tert-OH is 1. The predicted octanol–water partition coefficient (Wildman–Crippen LogP) is 2.38. The molecule has 4 heteroatoms. The minimum absolute atomic E-state index is 0.00282. The topological polar surface area (TPSA) is 29.5 Å². The molecule has 0 aromatic heterocycles. The third-order valence-corrected chi connectivity index (χ3v) is 2.05. The summed E-state index contributed by atoms with van der Waals surface area (Å²) in [5.41, 5.74) is 0.358. The Bertz CT molecular complexity index is 357. The summed E-state index contributed by atoms with van der Waals surface area (Å²) in [5.74, 6) is 0.546. The molecule has 0 saturated carbocycles. The van der Waals surface area contributed by atoms with E-state index >= 15 is 0 Å². The van der Waals surface area contributed by atoms with Crippen molar-refractivity contribution in [1.29, 1.82) is 0 Å². The summed E-state index contributed by atoms with van der Waals surface area (Å²) < 4.78 is 29.6. The van der Waals surface area contributed by atoms with Crippen LogP contribution >= 0.6 is 0 Å². The average molecular weight is 214 g/mol. The number of rotatable bonds is 4. The van der Waals surface area contributed by atoms with E-state index in [4.69, 9.17) is 9.84 Å². The molecule has 15 heavy (non-hydrogen) atoms. The van der Waals surface area contributed by atoms with Crippen molar-refractivity contribution in [1.82, 2.24) is 0 Å². The Balaban J connectivity index is 2.93. The lowest BCUT2D eigenvalue weighted by Crippen LogP contribution is -1.99. The summed E-state index contributed by atoms with van der Waals surface area (Å²) in [5, 5.41) is 8.74. The zero-order valence-electron chi connectivity index (χ0n) is 8.34. The first kappa shape index (κ1) is 11.7. The van der Waals surface area contributed by atoms with E-state index in [9.17, 15) is 8.78 Å². The van der Waals surface area contributed by atoms with Crippen LogP contribution in [0.1, 0.15) is 5.56 Å². The summed E-state index contributed by atoms with van der Waals surface area (Å²) in [6, 6.07) is 6.89. The summed E-state index contributed by atoms with van der Waals surface area (Å²) in [4.78, 5) is 0. The maximum Gasteiger partial charge on any atom is 0.272 e. The first-order valence-corrected chi connectivity index (χ1v) is 4.44. The molecular weight excluding hydrogens is 202 g/mol. The number of halogens is 2. The van der Waals surface area contributed by atoms with Gasteiger partial charge in [0.25, 0.3) is 6.08 Å². The van der Waals surface area contributed by atoms with Gasteiger partial charge in [-0.25, -0.2) is 0 Å². The fourth-order valence-electron chi connectivity index (χ4n) is 1.26. The van der Waals surface area contributed by atoms with Gasteiger partial charge in [0.2, 0.25) is 0 Å². The van der Waals surface area contributed by atoms with Crippen molar-refractivity contribution in [3.05, 3.63) is 41.5 Å². The third-order valence-electron chi connectivity index (χ3n) is 2.05. The van der Waals surface area contributed by atoms with Crippen LogP contribution in [0.5, 0.6) is 5.75 Å². The number of methoxy groups -OCH3 is 1. The molecule has 1 N–H and O–H groups in total. The Morgan fingerprint density at radius 2 is 2.00 bits per heavy atom. The standard InChI is InChI=1S/C11H12F2O2/c1-15-10-5-3-2-4-8(10)6-9(7-14)11(12)13/h2-5,14H,6-7H2,1H3. The largest absolute Gasteiger partial charge is 0.496 e. The molecule has 0 saturated heterocycles. The highest BCUT2D eigenvalue weighted by molar-refractivity contribution is 5.36. The van der Waals surface area contributed by atoms with Crippen LogP contribution in [0.4, 0.5) is 8.78 Å². The van der Waals surface area contributed by atoms with Gasteiger partial charge in [-0.05, 0) is 11.6 Å². The van der Waals surface area contributed by atoms with Gasteiger partial charge in [-0.1, -0.05) is 18.2 Å². The maximum atomic E-state index is 12.3.